The van der Waals surface area contributed by atoms with Crippen molar-refractivity contribution in [1.82, 2.24) is 29.2 Å². The van der Waals surface area contributed by atoms with Gasteiger partial charge in [0.25, 0.3) is 0 Å². The van der Waals surface area contributed by atoms with Crippen LogP contribution in [0.25, 0.3) is 11.3 Å². The van der Waals surface area contributed by atoms with Gasteiger partial charge in [-0.05, 0) is 65.8 Å². The van der Waals surface area contributed by atoms with Crippen LogP contribution in [-0.4, -0.2) is 47.5 Å². The molecule has 0 radical (unpaired) electrons. The summed E-state index contributed by atoms with van der Waals surface area (Å²) in [6.07, 6.45) is 3.73. The average Bonchev–Trinajstić information content (AvgIpc) is 3.26. The van der Waals surface area contributed by atoms with Gasteiger partial charge in [-0.15, -0.1) is 0 Å². The van der Waals surface area contributed by atoms with Gasteiger partial charge in [-0.25, -0.2) is 19.0 Å². The molecule has 30 heavy (non-hydrogen) atoms. The highest BCUT2D eigenvalue weighted by Crippen LogP contribution is 2.36. The smallest absolute Gasteiger partial charge is 0.398 e. The zero-order chi connectivity index (χ0) is 21.7. The number of halogens is 1. The summed E-state index contributed by atoms with van der Waals surface area (Å²) < 4.78 is 15.4. The Kier molecular flexibility index (Phi) is 5.08. The Morgan fingerprint density at radius 3 is 1.87 bits per heavy atom. The number of imidazole rings is 2. The van der Waals surface area contributed by atoms with Crippen LogP contribution >= 0.6 is 11.6 Å². The summed E-state index contributed by atoms with van der Waals surface area (Å²) in [4.78, 5) is 8.55. The summed E-state index contributed by atoms with van der Waals surface area (Å²) in [6.45, 7) is 12.0. The first-order chi connectivity index (χ1) is 14.0. The van der Waals surface area contributed by atoms with Crippen LogP contribution in [0, 0.1) is 13.8 Å². The van der Waals surface area contributed by atoms with Crippen LogP contribution in [0.3, 0.4) is 0 Å². The molecule has 4 aromatic rings. The van der Waals surface area contributed by atoms with E-state index in [1.54, 1.807) is 15.1 Å². The summed E-state index contributed by atoms with van der Waals surface area (Å²) >= 11 is 5.67. The molecule has 5 heterocycles. The van der Waals surface area contributed by atoms with Crippen molar-refractivity contribution in [2.75, 3.05) is 0 Å². The molecule has 0 spiro atoms. The van der Waals surface area contributed by atoms with Crippen molar-refractivity contribution in [1.29, 1.82) is 0 Å². The van der Waals surface area contributed by atoms with E-state index in [-0.39, 0.29) is 11.2 Å². The fourth-order valence-corrected chi connectivity index (χ4v) is 3.23. The first kappa shape index (κ1) is 20.8. The minimum atomic E-state index is -0.433. The Bertz CT molecular complexity index is 1200. The SMILES string of the molecule is Cc1cn2nc(B3OC(C)(C)C(C)(C)O3)ccc2n1.Cc1cn2nc(Cl)ccc2n1. The summed E-state index contributed by atoms with van der Waals surface area (Å²) in [6, 6.07) is 7.40. The first-order valence-electron chi connectivity index (χ1n) is 9.71. The van der Waals surface area contributed by atoms with Crippen LogP contribution in [-0.2, 0) is 9.31 Å². The summed E-state index contributed by atoms with van der Waals surface area (Å²) in [5.41, 5.74) is 3.62. The third-order valence-electron chi connectivity index (χ3n) is 5.36. The van der Waals surface area contributed by atoms with Gasteiger partial charge < -0.3 is 9.31 Å². The lowest BCUT2D eigenvalue weighted by atomic mass is 9.85. The average molecular weight is 427 g/mol. The van der Waals surface area contributed by atoms with Gasteiger partial charge in [0.05, 0.1) is 40.6 Å². The van der Waals surface area contributed by atoms with Gasteiger partial charge in [0.15, 0.2) is 11.3 Å². The van der Waals surface area contributed by atoms with Gasteiger partial charge in [-0.3, -0.25) is 0 Å². The van der Waals surface area contributed by atoms with E-state index >= 15 is 0 Å². The molecular weight excluding hydrogens is 403 g/mol. The van der Waals surface area contributed by atoms with E-state index in [1.807, 2.05) is 72.1 Å². The van der Waals surface area contributed by atoms with E-state index < -0.39 is 7.12 Å². The third kappa shape index (κ3) is 3.92. The minimum absolute atomic E-state index is 0.348. The molecular formula is C20H24BClN6O2. The van der Waals surface area contributed by atoms with Crippen LogP contribution in [0.4, 0.5) is 0 Å². The molecule has 156 valence electrons. The van der Waals surface area contributed by atoms with Gasteiger partial charge in [-0.1, -0.05) is 11.6 Å². The largest absolute Gasteiger partial charge is 0.516 e. The predicted molar refractivity (Wildman–Crippen MR) is 116 cm³/mol. The fourth-order valence-electron chi connectivity index (χ4n) is 3.08. The Balaban J connectivity index is 0.000000168. The molecule has 10 heteroatoms. The summed E-state index contributed by atoms with van der Waals surface area (Å²) in [7, 11) is -0.433. The number of nitrogens with zero attached hydrogens (tertiary/aromatic N) is 6. The predicted octanol–water partition coefficient (Wildman–Crippen LogP) is 3.03. The van der Waals surface area contributed by atoms with E-state index in [2.05, 4.69) is 20.2 Å². The van der Waals surface area contributed by atoms with Gasteiger partial charge in [0.1, 0.15) is 5.15 Å². The number of rotatable bonds is 1. The zero-order valence-electron chi connectivity index (χ0n) is 17.9. The van der Waals surface area contributed by atoms with Crippen molar-refractivity contribution in [3.05, 3.63) is 53.2 Å². The first-order valence-corrected chi connectivity index (χ1v) is 10.1. The lowest BCUT2D eigenvalue weighted by Crippen LogP contribution is -2.41. The molecule has 0 unspecified atom stereocenters. The van der Waals surface area contributed by atoms with Gasteiger partial charge >= 0.3 is 7.12 Å². The summed E-state index contributed by atoms with van der Waals surface area (Å²) in [5.74, 6) is 0. The van der Waals surface area contributed by atoms with E-state index in [1.165, 1.54) is 0 Å². The second-order valence-corrected chi connectivity index (χ2v) is 8.76. The molecule has 0 aliphatic carbocycles. The molecule has 1 fully saturated rings. The van der Waals surface area contributed by atoms with Crippen molar-refractivity contribution in [3.63, 3.8) is 0 Å². The normalized spacial score (nSPS) is 17.4. The standard InChI is InChI=1S/C13H18BN3O2.C7H6ClN3/c1-9-8-17-11(15-9)7-6-10(16-17)14-18-12(2,3)13(4,5)19-14;1-5-4-11-7(9-5)3-2-6(8)10-11/h6-8H,1-5H3;2-4H,1H3. The molecule has 4 aromatic heterocycles. The van der Waals surface area contributed by atoms with Crippen LogP contribution < -0.4 is 5.59 Å². The van der Waals surface area contributed by atoms with Crippen LogP contribution in [0.5, 0.6) is 0 Å². The van der Waals surface area contributed by atoms with Crippen LogP contribution in [0.15, 0.2) is 36.7 Å². The third-order valence-corrected chi connectivity index (χ3v) is 5.57. The maximum absolute atomic E-state index is 5.99. The van der Waals surface area contributed by atoms with Crippen molar-refractivity contribution >= 4 is 35.6 Å². The molecule has 0 bridgehead atoms. The molecule has 0 amide bonds. The van der Waals surface area contributed by atoms with Gasteiger partial charge in [-0.2, -0.15) is 10.2 Å². The second-order valence-electron chi connectivity index (χ2n) is 8.37. The Morgan fingerprint density at radius 2 is 1.30 bits per heavy atom. The molecule has 8 nitrogen and oxygen atoms in total. The number of aryl methyl sites for hydroxylation is 2. The van der Waals surface area contributed by atoms with E-state index in [0.717, 1.165) is 28.3 Å². The van der Waals surface area contributed by atoms with Crippen molar-refractivity contribution in [3.8, 4) is 0 Å². The van der Waals surface area contributed by atoms with Crippen molar-refractivity contribution in [2.45, 2.75) is 52.7 Å². The summed E-state index contributed by atoms with van der Waals surface area (Å²) in [5, 5.41) is 9.01. The minimum Gasteiger partial charge on any atom is -0.398 e. The number of hydrogen-bond donors (Lipinski definition) is 0. The molecule has 1 aliphatic heterocycles. The topological polar surface area (TPSA) is 78.8 Å². The molecule has 0 saturated carbocycles. The highest BCUT2D eigenvalue weighted by molar-refractivity contribution is 6.61. The Hall–Kier alpha value is -2.49. The van der Waals surface area contributed by atoms with Crippen molar-refractivity contribution in [2.24, 2.45) is 0 Å². The number of hydrogen-bond acceptors (Lipinski definition) is 6. The maximum atomic E-state index is 5.99. The van der Waals surface area contributed by atoms with E-state index in [9.17, 15) is 0 Å². The van der Waals surface area contributed by atoms with Crippen molar-refractivity contribution < 1.29 is 9.31 Å². The highest BCUT2D eigenvalue weighted by Gasteiger charge is 2.52. The van der Waals surface area contributed by atoms with Gasteiger partial charge in [0, 0.05) is 0 Å². The molecule has 5 rings (SSSR count). The fraction of sp³-hybridized carbons (Fsp3) is 0.400. The zero-order valence-corrected chi connectivity index (χ0v) is 18.7. The lowest BCUT2D eigenvalue weighted by molar-refractivity contribution is 0.00578. The lowest BCUT2D eigenvalue weighted by Gasteiger charge is -2.32. The Morgan fingerprint density at radius 1 is 0.800 bits per heavy atom. The maximum Gasteiger partial charge on any atom is 0.516 e. The quantitative estimate of drug-likeness (QED) is 0.435. The van der Waals surface area contributed by atoms with Gasteiger partial charge in [0.2, 0.25) is 0 Å². The highest BCUT2D eigenvalue weighted by atomic mass is 35.5. The van der Waals surface area contributed by atoms with E-state index in [4.69, 9.17) is 20.9 Å². The molecule has 0 atom stereocenters. The second kappa shape index (κ2) is 7.33. The number of aromatic nitrogens is 6. The van der Waals surface area contributed by atoms with Crippen LogP contribution in [0.2, 0.25) is 5.15 Å². The van der Waals surface area contributed by atoms with E-state index in [0.29, 0.717) is 5.15 Å². The molecule has 0 aromatic carbocycles. The molecule has 1 aliphatic rings. The van der Waals surface area contributed by atoms with Crippen LogP contribution in [0.1, 0.15) is 39.1 Å². The number of fused-ring (bicyclic) bond motifs is 2. The molecule has 1 saturated heterocycles. The molecule has 0 N–H and O–H groups in total. The monoisotopic (exact) mass is 426 g/mol. The Labute approximate surface area is 180 Å².